The van der Waals surface area contributed by atoms with Gasteiger partial charge in [-0.05, 0) is 23.9 Å². The van der Waals surface area contributed by atoms with Gasteiger partial charge in [-0.1, -0.05) is 6.07 Å². The smallest absolute Gasteiger partial charge is 0.418 e. The van der Waals surface area contributed by atoms with E-state index in [0.29, 0.717) is 12.5 Å². The van der Waals surface area contributed by atoms with E-state index in [4.69, 9.17) is 4.74 Å². The lowest BCUT2D eigenvalue weighted by atomic mass is 10.1. The summed E-state index contributed by atoms with van der Waals surface area (Å²) in [6.07, 6.45) is -4.45. The molecule has 0 spiro atoms. The van der Waals surface area contributed by atoms with Crippen molar-refractivity contribution < 1.29 is 32.4 Å². The van der Waals surface area contributed by atoms with E-state index in [1.165, 1.54) is 11.3 Å². The van der Waals surface area contributed by atoms with Gasteiger partial charge in [0, 0.05) is 17.0 Å². The van der Waals surface area contributed by atoms with Crippen molar-refractivity contribution in [2.45, 2.75) is 19.0 Å². The first-order valence-corrected chi connectivity index (χ1v) is 8.38. The topological polar surface area (TPSA) is 98.5 Å². The Morgan fingerprint density at radius 3 is 2.59 bits per heavy atom. The van der Waals surface area contributed by atoms with Crippen LogP contribution in [0.2, 0.25) is 0 Å². The number of esters is 1. The molecule has 7 nitrogen and oxygen atoms in total. The van der Waals surface area contributed by atoms with Crippen LogP contribution in [-0.4, -0.2) is 23.4 Å². The summed E-state index contributed by atoms with van der Waals surface area (Å²) >= 11 is 1.46. The Kier molecular flexibility index (Phi) is 6.50. The van der Waals surface area contributed by atoms with E-state index in [0.717, 1.165) is 17.0 Å². The van der Waals surface area contributed by atoms with Crippen molar-refractivity contribution in [3.05, 3.63) is 56.3 Å². The van der Waals surface area contributed by atoms with Crippen LogP contribution in [0.1, 0.15) is 16.9 Å². The third kappa shape index (κ3) is 6.06. The molecule has 0 fully saturated rings. The van der Waals surface area contributed by atoms with Crippen LogP contribution in [0.3, 0.4) is 0 Å². The summed E-state index contributed by atoms with van der Waals surface area (Å²) in [5.74, 6) is -1.66. The third-order valence-corrected chi connectivity index (χ3v) is 4.25. The molecule has 0 saturated carbocycles. The molecule has 0 bridgehead atoms. The van der Waals surface area contributed by atoms with Crippen molar-refractivity contribution in [2.75, 3.05) is 11.9 Å². The lowest BCUT2D eigenvalue weighted by Crippen LogP contribution is -2.23. The van der Waals surface area contributed by atoms with Gasteiger partial charge in [0.05, 0.1) is 22.6 Å². The van der Waals surface area contributed by atoms with Gasteiger partial charge in [-0.2, -0.15) is 13.2 Å². The van der Waals surface area contributed by atoms with Crippen LogP contribution in [0, 0.1) is 10.1 Å². The minimum Gasteiger partial charge on any atom is -0.456 e. The molecule has 0 radical (unpaired) electrons. The quantitative estimate of drug-likeness (QED) is 0.432. The monoisotopic (exact) mass is 402 g/mol. The Labute approximate surface area is 154 Å². The zero-order valence-electron chi connectivity index (χ0n) is 13.6. The molecule has 1 aromatic heterocycles. The van der Waals surface area contributed by atoms with Gasteiger partial charge in [0.15, 0.2) is 6.61 Å². The number of non-ortho nitro benzene ring substituents is 1. The number of anilines is 1. The number of nitrogens with zero attached hydrogens (tertiary/aromatic N) is 1. The number of nitro groups is 1. The number of benzene rings is 1. The number of halogens is 3. The number of ether oxygens (including phenoxy) is 1. The molecule has 0 atom stereocenters. The predicted molar refractivity (Wildman–Crippen MR) is 90.3 cm³/mol. The molecule has 11 heteroatoms. The van der Waals surface area contributed by atoms with Gasteiger partial charge in [0.1, 0.15) is 0 Å². The van der Waals surface area contributed by atoms with Crippen LogP contribution in [0.15, 0.2) is 35.7 Å². The first-order chi connectivity index (χ1) is 12.7. The number of hydrogen-bond donors (Lipinski definition) is 1. The van der Waals surface area contributed by atoms with E-state index in [1.807, 2.05) is 22.8 Å². The molecular weight excluding hydrogens is 389 g/mol. The number of rotatable bonds is 7. The van der Waals surface area contributed by atoms with E-state index in [1.54, 1.807) is 0 Å². The molecule has 144 valence electrons. The molecule has 1 heterocycles. The molecule has 2 aromatic rings. The van der Waals surface area contributed by atoms with Crippen LogP contribution in [0.25, 0.3) is 0 Å². The summed E-state index contributed by atoms with van der Waals surface area (Å²) in [5.41, 5.74) is -2.79. The maximum Gasteiger partial charge on any atom is 0.418 e. The van der Waals surface area contributed by atoms with Crippen LogP contribution in [0.4, 0.5) is 24.5 Å². The summed E-state index contributed by atoms with van der Waals surface area (Å²) in [4.78, 5) is 34.0. The minimum absolute atomic E-state index is 0.0269. The van der Waals surface area contributed by atoms with Crippen molar-refractivity contribution in [3.63, 3.8) is 0 Å². The lowest BCUT2D eigenvalue weighted by Gasteiger charge is -2.13. The van der Waals surface area contributed by atoms with Crippen molar-refractivity contribution in [1.82, 2.24) is 0 Å². The molecule has 2 rings (SSSR count). The summed E-state index contributed by atoms with van der Waals surface area (Å²) < 4.78 is 43.8. The molecule has 0 aliphatic carbocycles. The molecule has 0 saturated heterocycles. The van der Waals surface area contributed by atoms with Crippen LogP contribution >= 0.6 is 11.3 Å². The molecule has 1 N–H and O–H groups in total. The number of thiophene rings is 1. The normalized spacial score (nSPS) is 11.1. The minimum atomic E-state index is -4.91. The summed E-state index contributed by atoms with van der Waals surface area (Å²) in [6.45, 7) is -0.766. The second-order valence-corrected chi connectivity index (χ2v) is 6.31. The highest BCUT2D eigenvalue weighted by atomic mass is 32.1. The highest BCUT2D eigenvalue weighted by molar-refractivity contribution is 7.09. The van der Waals surface area contributed by atoms with Gasteiger partial charge < -0.3 is 10.1 Å². The van der Waals surface area contributed by atoms with Crippen molar-refractivity contribution in [1.29, 1.82) is 0 Å². The van der Waals surface area contributed by atoms with Gasteiger partial charge >= 0.3 is 12.1 Å². The van der Waals surface area contributed by atoms with Crippen molar-refractivity contribution in [3.8, 4) is 0 Å². The van der Waals surface area contributed by atoms with E-state index in [2.05, 4.69) is 0 Å². The number of nitrogens with one attached hydrogen (secondary N) is 1. The highest BCUT2D eigenvalue weighted by Gasteiger charge is 2.35. The Hall–Kier alpha value is -2.95. The number of alkyl halides is 3. The fraction of sp³-hybridized carbons (Fsp3) is 0.250. The van der Waals surface area contributed by atoms with Crippen LogP contribution < -0.4 is 5.32 Å². The van der Waals surface area contributed by atoms with Gasteiger partial charge in [-0.15, -0.1) is 11.3 Å². The van der Waals surface area contributed by atoms with Crippen LogP contribution in [0.5, 0.6) is 0 Å². The molecule has 0 aliphatic heterocycles. The number of carbonyl (C=O) groups is 2. The average Bonchev–Trinajstić information content (AvgIpc) is 3.11. The number of aryl methyl sites for hydroxylation is 1. The third-order valence-electron chi connectivity index (χ3n) is 3.31. The van der Waals surface area contributed by atoms with Gasteiger partial charge in [0.25, 0.3) is 11.6 Å². The second-order valence-electron chi connectivity index (χ2n) is 5.27. The van der Waals surface area contributed by atoms with Gasteiger partial charge in [-0.25, -0.2) is 0 Å². The second kappa shape index (κ2) is 8.62. The number of nitro benzene ring substituents is 1. The fourth-order valence-corrected chi connectivity index (χ4v) is 2.78. The van der Waals surface area contributed by atoms with Crippen LogP contribution in [-0.2, 0) is 26.9 Å². The maximum absolute atomic E-state index is 13.0. The first-order valence-electron chi connectivity index (χ1n) is 7.50. The molecule has 1 aromatic carbocycles. The molecule has 0 aliphatic rings. The Morgan fingerprint density at radius 1 is 1.26 bits per heavy atom. The summed E-state index contributed by atoms with van der Waals surface area (Å²) in [5, 5.41) is 14.4. The SMILES string of the molecule is O=C(COC(=O)CCc1cccs1)Nc1ccc([N+](=O)[O-])cc1C(F)(F)F. The van der Waals surface area contributed by atoms with E-state index in [9.17, 15) is 32.9 Å². The molecule has 27 heavy (non-hydrogen) atoms. The number of carbonyl (C=O) groups excluding carboxylic acids is 2. The Morgan fingerprint density at radius 2 is 2.00 bits per heavy atom. The zero-order valence-corrected chi connectivity index (χ0v) is 14.4. The zero-order chi connectivity index (χ0) is 20.0. The Balaban J connectivity index is 1.94. The predicted octanol–water partition coefficient (Wildman–Crippen LogP) is 3.79. The summed E-state index contributed by atoms with van der Waals surface area (Å²) in [6, 6.07) is 5.58. The standard InChI is InChI=1S/C16H13F3N2O5S/c17-16(18,19)12-8-10(21(24)25)3-5-13(12)20-14(22)9-26-15(23)6-4-11-2-1-7-27-11/h1-3,5,7-8H,4,6,9H2,(H,20,22). The average molecular weight is 402 g/mol. The molecule has 0 unspecified atom stereocenters. The lowest BCUT2D eigenvalue weighted by molar-refractivity contribution is -0.385. The van der Waals surface area contributed by atoms with Gasteiger partial charge in [0.2, 0.25) is 0 Å². The van der Waals surface area contributed by atoms with E-state index >= 15 is 0 Å². The summed E-state index contributed by atoms with van der Waals surface area (Å²) in [7, 11) is 0. The maximum atomic E-state index is 13.0. The molecule has 1 amide bonds. The number of hydrogen-bond acceptors (Lipinski definition) is 6. The largest absolute Gasteiger partial charge is 0.456 e. The Bertz CT molecular complexity index is 837. The van der Waals surface area contributed by atoms with Crippen molar-refractivity contribution in [2.24, 2.45) is 0 Å². The first kappa shape index (κ1) is 20.4. The number of amides is 1. The van der Waals surface area contributed by atoms with Crippen molar-refractivity contribution >= 4 is 34.6 Å². The molecular formula is C16H13F3N2O5S. The van der Waals surface area contributed by atoms with E-state index in [-0.39, 0.29) is 6.42 Å². The van der Waals surface area contributed by atoms with E-state index < -0.39 is 46.5 Å². The van der Waals surface area contributed by atoms with Gasteiger partial charge in [-0.3, -0.25) is 19.7 Å². The highest BCUT2D eigenvalue weighted by Crippen LogP contribution is 2.37. The fourth-order valence-electron chi connectivity index (χ4n) is 2.07.